The Morgan fingerprint density at radius 2 is 1.82 bits per heavy atom. The first-order valence-electron chi connectivity index (χ1n) is 11.4. The van der Waals surface area contributed by atoms with E-state index in [1.54, 1.807) is 9.36 Å². The topological polar surface area (TPSA) is 44.0 Å². The fourth-order valence-corrected chi connectivity index (χ4v) is 6.77. The molecule has 2 heterocycles. The minimum absolute atomic E-state index is 0.0320. The van der Waals surface area contributed by atoms with E-state index in [4.69, 9.17) is 0 Å². The summed E-state index contributed by atoms with van der Waals surface area (Å²) in [5.41, 5.74) is 1.69. The molecule has 1 aliphatic heterocycles. The van der Waals surface area contributed by atoms with Gasteiger partial charge >= 0.3 is 0 Å². The molecular weight excluding hydrogens is 348 g/mol. The Hall–Kier alpha value is -1.58. The number of hydrogen-bond donors (Lipinski definition) is 0. The van der Waals surface area contributed by atoms with Gasteiger partial charge in [0.2, 0.25) is 0 Å². The molecule has 0 amide bonds. The summed E-state index contributed by atoms with van der Waals surface area (Å²) in [4.78, 5) is 24.8. The summed E-state index contributed by atoms with van der Waals surface area (Å²) in [6.45, 7) is 10.2. The third-order valence-corrected chi connectivity index (χ3v) is 8.18. The lowest BCUT2D eigenvalue weighted by atomic mass is 9.59. The summed E-state index contributed by atoms with van der Waals surface area (Å²) in [6.07, 6.45) is 11.0. The quantitative estimate of drug-likeness (QED) is 0.686. The van der Waals surface area contributed by atoms with Gasteiger partial charge in [0.1, 0.15) is 0 Å². The highest BCUT2D eigenvalue weighted by Crippen LogP contribution is 2.62. The molecule has 4 nitrogen and oxygen atoms in total. The lowest BCUT2D eigenvalue weighted by Crippen LogP contribution is -2.47. The number of allylic oxidation sites excluding steroid dienone is 2. The molecule has 1 aromatic heterocycles. The monoisotopic (exact) mass is 384 g/mol. The Bertz CT molecular complexity index is 877. The van der Waals surface area contributed by atoms with Crippen molar-refractivity contribution < 1.29 is 0 Å². The first-order valence-corrected chi connectivity index (χ1v) is 11.4. The summed E-state index contributed by atoms with van der Waals surface area (Å²) >= 11 is 0. The van der Waals surface area contributed by atoms with Crippen LogP contribution in [0.5, 0.6) is 0 Å². The molecule has 0 spiro atoms. The Labute approximate surface area is 168 Å². The molecule has 0 N–H and O–H groups in total. The third kappa shape index (κ3) is 3.13. The highest BCUT2D eigenvalue weighted by Gasteiger charge is 2.53. The summed E-state index contributed by atoms with van der Waals surface area (Å²) < 4.78 is 3.40. The van der Waals surface area contributed by atoms with Crippen LogP contribution < -0.4 is 11.1 Å². The van der Waals surface area contributed by atoms with Crippen molar-refractivity contribution in [2.45, 2.75) is 85.2 Å². The fourth-order valence-electron chi connectivity index (χ4n) is 6.77. The van der Waals surface area contributed by atoms with Crippen LogP contribution in [-0.2, 0) is 6.54 Å². The first kappa shape index (κ1) is 19.7. The minimum atomic E-state index is -0.0636. The van der Waals surface area contributed by atoms with Gasteiger partial charge in [-0.15, -0.1) is 0 Å². The van der Waals surface area contributed by atoms with E-state index in [0.29, 0.717) is 17.9 Å². The van der Waals surface area contributed by atoms with Crippen LogP contribution in [0.2, 0.25) is 0 Å². The highest BCUT2D eigenvalue weighted by atomic mass is 16.2. The zero-order chi connectivity index (χ0) is 20.1. The van der Waals surface area contributed by atoms with Crippen molar-refractivity contribution >= 4 is 0 Å². The molecule has 1 aromatic rings. The van der Waals surface area contributed by atoms with Crippen LogP contribution in [0.4, 0.5) is 0 Å². The second-order valence-corrected chi connectivity index (χ2v) is 10.2. The van der Waals surface area contributed by atoms with E-state index in [2.05, 4.69) is 33.8 Å². The summed E-state index contributed by atoms with van der Waals surface area (Å²) in [5.74, 6) is 2.92. The van der Waals surface area contributed by atoms with Crippen LogP contribution in [-0.4, -0.2) is 9.36 Å². The van der Waals surface area contributed by atoms with Crippen molar-refractivity contribution in [3.05, 3.63) is 44.5 Å². The second kappa shape index (κ2) is 7.35. The van der Waals surface area contributed by atoms with Gasteiger partial charge in [-0.25, -0.2) is 9.36 Å². The predicted octanol–water partition coefficient (Wildman–Crippen LogP) is 4.78. The van der Waals surface area contributed by atoms with Gasteiger partial charge in [-0.1, -0.05) is 53.0 Å². The smallest absolute Gasteiger partial charge is 0.265 e. The van der Waals surface area contributed by atoms with Crippen LogP contribution in [0.3, 0.4) is 0 Å². The van der Waals surface area contributed by atoms with Gasteiger partial charge in [-0.3, -0.25) is 9.59 Å². The molecule has 0 bridgehead atoms. The Kier molecular flexibility index (Phi) is 5.18. The van der Waals surface area contributed by atoms with Crippen LogP contribution in [0.25, 0.3) is 0 Å². The lowest BCUT2D eigenvalue weighted by molar-refractivity contribution is 0.0712. The Morgan fingerprint density at radius 1 is 1.07 bits per heavy atom. The van der Waals surface area contributed by atoms with Crippen LogP contribution >= 0.6 is 0 Å². The minimum Gasteiger partial charge on any atom is -0.268 e. The van der Waals surface area contributed by atoms with Crippen molar-refractivity contribution in [3.8, 4) is 0 Å². The van der Waals surface area contributed by atoms with Gasteiger partial charge in [-0.05, 0) is 60.3 Å². The molecule has 4 rings (SSSR count). The molecule has 2 unspecified atom stereocenters. The number of rotatable bonds is 5. The zero-order valence-corrected chi connectivity index (χ0v) is 18.0. The van der Waals surface area contributed by atoms with E-state index >= 15 is 0 Å². The van der Waals surface area contributed by atoms with Gasteiger partial charge in [-0.2, -0.15) is 0 Å². The maximum absolute atomic E-state index is 12.6. The predicted molar refractivity (Wildman–Crippen MR) is 113 cm³/mol. The number of hydrogen-bond acceptors (Lipinski definition) is 2. The molecule has 3 aliphatic rings. The molecule has 2 fully saturated rings. The molecule has 0 aromatic carbocycles. The average molecular weight is 385 g/mol. The van der Waals surface area contributed by atoms with E-state index in [0.717, 1.165) is 30.6 Å². The van der Waals surface area contributed by atoms with Gasteiger partial charge in [0.25, 0.3) is 11.1 Å². The van der Waals surface area contributed by atoms with Crippen molar-refractivity contribution in [1.29, 1.82) is 0 Å². The Balaban J connectivity index is 1.57. The van der Waals surface area contributed by atoms with E-state index in [-0.39, 0.29) is 17.2 Å². The summed E-state index contributed by atoms with van der Waals surface area (Å²) in [7, 11) is 0. The zero-order valence-electron chi connectivity index (χ0n) is 18.0. The maximum atomic E-state index is 12.6. The molecule has 0 saturated heterocycles. The number of aromatic nitrogens is 2. The first-order chi connectivity index (χ1) is 13.3. The van der Waals surface area contributed by atoms with E-state index in [9.17, 15) is 9.59 Å². The van der Waals surface area contributed by atoms with Crippen molar-refractivity contribution in [2.75, 3.05) is 0 Å². The molecular formula is C24H36N2O2. The third-order valence-electron chi connectivity index (χ3n) is 8.18. The SMILES string of the molecule is CC(C)CCC[C@@H](C)[C@H]1CCC2C3=CCn4c(=O)ccc(=O)n4C3CC[C@@]21C. The van der Waals surface area contributed by atoms with E-state index < -0.39 is 0 Å². The lowest BCUT2D eigenvalue weighted by Gasteiger charge is -2.48. The average Bonchev–Trinajstić information content (AvgIpc) is 3.01. The fraction of sp³-hybridized carbons (Fsp3) is 0.750. The van der Waals surface area contributed by atoms with Crippen LogP contribution in [0.1, 0.15) is 78.7 Å². The standard InChI is InChI=1S/C24H36N2O2/c1-16(2)6-5-7-17(3)19-8-9-20-18-13-15-25-22(27)10-11-23(28)26(25)21(18)12-14-24(19,20)4/h10-11,13,16-17,19-21H,5-9,12,14-15H2,1-4H3/t17-,19-,20?,21?,24-/m1/s1. The highest BCUT2D eigenvalue weighted by molar-refractivity contribution is 5.25. The van der Waals surface area contributed by atoms with Gasteiger partial charge in [0, 0.05) is 12.1 Å². The number of fused-ring (bicyclic) bond motifs is 5. The summed E-state index contributed by atoms with van der Waals surface area (Å²) in [6, 6.07) is 2.95. The van der Waals surface area contributed by atoms with E-state index in [1.807, 2.05) is 0 Å². The van der Waals surface area contributed by atoms with Crippen LogP contribution in [0.15, 0.2) is 33.4 Å². The van der Waals surface area contributed by atoms with Crippen molar-refractivity contribution in [2.24, 2.45) is 29.1 Å². The summed E-state index contributed by atoms with van der Waals surface area (Å²) in [5, 5.41) is 0. The van der Waals surface area contributed by atoms with Crippen molar-refractivity contribution in [1.82, 2.24) is 9.36 Å². The van der Waals surface area contributed by atoms with Gasteiger partial charge in [0.05, 0.1) is 12.6 Å². The molecule has 2 saturated carbocycles. The van der Waals surface area contributed by atoms with Gasteiger partial charge < -0.3 is 0 Å². The molecule has 4 heteroatoms. The molecule has 28 heavy (non-hydrogen) atoms. The molecule has 0 radical (unpaired) electrons. The second-order valence-electron chi connectivity index (χ2n) is 10.2. The molecule has 154 valence electrons. The maximum Gasteiger partial charge on any atom is 0.265 e. The Morgan fingerprint density at radius 3 is 2.57 bits per heavy atom. The molecule has 5 atom stereocenters. The van der Waals surface area contributed by atoms with E-state index in [1.165, 1.54) is 49.8 Å². The van der Waals surface area contributed by atoms with Gasteiger partial charge in [0.15, 0.2) is 0 Å². The largest absolute Gasteiger partial charge is 0.268 e. The van der Waals surface area contributed by atoms with Crippen LogP contribution in [0, 0.1) is 29.1 Å². The molecule has 2 aliphatic carbocycles. The number of nitrogens with zero attached hydrogens (tertiary/aromatic N) is 2. The normalized spacial score (nSPS) is 32.5. The van der Waals surface area contributed by atoms with Crippen molar-refractivity contribution in [3.63, 3.8) is 0 Å².